The molecule has 0 spiro atoms. The maximum absolute atomic E-state index is 8.98. The summed E-state index contributed by atoms with van der Waals surface area (Å²) >= 11 is 0. The monoisotopic (exact) mass is 180 g/mol. The van der Waals surface area contributed by atoms with Gasteiger partial charge in [-0.2, -0.15) is 0 Å². The Morgan fingerprint density at radius 3 is 2.38 bits per heavy atom. The van der Waals surface area contributed by atoms with Crippen molar-refractivity contribution in [3.8, 4) is 0 Å². The molecule has 3 heteroatoms. The number of hydrogen-bond acceptors (Lipinski definition) is 3. The Bertz CT molecular complexity index is 237. The van der Waals surface area contributed by atoms with Crippen LogP contribution in [-0.4, -0.2) is 17.1 Å². The van der Waals surface area contributed by atoms with Crippen molar-refractivity contribution in [3.05, 3.63) is 0 Å². The van der Waals surface area contributed by atoms with E-state index in [-0.39, 0.29) is 0 Å². The van der Waals surface area contributed by atoms with Gasteiger partial charge in [-0.15, -0.1) is 0 Å². The highest BCUT2D eigenvalue weighted by Gasteiger charge is 2.40. The molecule has 3 nitrogen and oxygen atoms in total. The molecule has 2 fully saturated rings. The fraction of sp³-hybridized carbons (Fsp3) is 0.900. The summed E-state index contributed by atoms with van der Waals surface area (Å²) in [4.78, 5) is 4.59. The molecule has 2 heterocycles. The molecule has 2 unspecified atom stereocenters. The van der Waals surface area contributed by atoms with Crippen LogP contribution < -0.4 is 5.48 Å². The Balaban J connectivity index is 1.94. The summed E-state index contributed by atoms with van der Waals surface area (Å²) < 4.78 is 0. The third-order valence-electron chi connectivity index (χ3n) is 3.94. The Hall–Kier alpha value is -0.570. The number of hydroxylamine groups is 1. The Morgan fingerprint density at radius 1 is 1.08 bits per heavy atom. The molecule has 2 aliphatic carbocycles. The molecule has 2 atom stereocenters. The Morgan fingerprint density at radius 2 is 1.77 bits per heavy atom. The van der Waals surface area contributed by atoms with Gasteiger partial charge in [-0.25, -0.2) is 0 Å². The van der Waals surface area contributed by atoms with Crippen LogP contribution in [0.4, 0.5) is 0 Å². The molecule has 2 aliphatic heterocycles. The molecule has 0 amide bonds. The fourth-order valence-electron chi connectivity index (χ4n) is 3.57. The normalized spacial score (nSPS) is 47.3. The quantitative estimate of drug-likeness (QED) is 0.556. The van der Waals surface area contributed by atoms with Crippen LogP contribution in [0.3, 0.4) is 0 Å². The summed E-state index contributed by atoms with van der Waals surface area (Å²) in [6, 6.07) is 0.505. The molecule has 4 aliphatic rings. The molecule has 13 heavy (non-hydrogen) atoms. The first kappa shape index (κ1) is 7.80. The van der Waals surface area contributed by atoms with Crippen LogP contribution in [-0.2, 0) is 0 Å². The van der Waals surface area contributed by atoms with Crippen molar-refractivity contribution < 1.29 is 5.21 Å². The molecule has 0 saturated heterocycles. The van der Waals surface area contributed by atoms with Crippen molar-refractivity contribution in [1.82, 2.24) is 5.48 Å². The predicted octanol–water partition coefficient (Wildman–Crippen LogP) is 1.57. The zero-order valence-electron chi connectivity index (χ0n) is 7.74. The lowest BCUT2D eigenvalue weighted by atomic mass is 9.68. The van der Waals surface area contributed by atoms with Crippen molar-refractivity contribution in [2.24, 2.45) is 22.7 Å². The van der Waals surface area contributed by atoms with E-state index in [2.05, 4.69) is 10.5 Å². The first-order valence-electron chi connectivity index (χ1n) is 5.33. The molecule has 2 saturated carbocycles. The van der Waals surface area contributed by atoms with E-state index >= 15 is 0 Å². The largest absolute Gasteiger partial charge is 0.290 e. The molecule has 0 aromatic heterocycles. The lowest BCUT2D eigenvalue weighted by Crippen LogP contribution is -2.34. The van der Waals surface area contributed by atoms with E-state index < -0.39 is 0 Å². The third-order valence-corrected chi connectivity index (χ3v) is 3.94. The minimum Gasteiger partial charge on any atom is -0.290 e. The van der Waals surface area contributed by atoms with Crippen LogP contribution in [0.15, 0.2) is 4.99 Å². The van der Waals surface area contributed by atoms with Crippen LogP contribution in [0, 0.1) is 17.8 Å². The van der Waals surface area contributed by atoms with Gasteiger partial charge in [0.15, 0.2) is 0 Å². The van der Waals surface area contributed by atoms with Crippen LogP contribution in [0.2, 0.25) is 0 Å². The summed E-state index contributed by atoms with van der Waals surface area (Å²) in [5.41, 5.74) is 2.31. The van der Waals surface area contributed by atoms with Crippen molar-refractivity contribution in [2.75, 3.05) is 0 Å². The summed E-state index contributed by atoms with van der Waals surface area (Å²) in [6.45, 7) is 0. The number of nitrogens with one attached hydrogen (secondary N) is 1. The number of aliphatic imine (C=N–C) groups is 1. The van der Waals surface area contributed by atoms with Crippen LogP contribution >= 0.6 is 0 Å². The van der Waals surface area contributed by atoms with E-state index in [1.165, 1.54) is 32.1 Å². The third kappa shape index (κ3) is 1.17. The van der Waals surface area contributed by atoms with Crippen molar-refractivity contribution in [2.45, 2.75) is 38.1 Å². The highest BCUT2D eigenvalue weighted by atomic mass is 16.5. The van der Waals surface area contributed by atoms with Gasteiger partial charge >= 0.3 is 0 Å². The smallest absolute Gasteiger partial charge is 0.123 e. The van der Waals surface area contributed by atoms with Gasteiger partial charge in [0.25, 0.3) is 0 Å². The Kier molecular flexibility index (Phi) is 1.62. The van der Waals surface area contributed by atoms with E-state index in [1.807, 2.05) is 0 Å². The van der Waals surface area contributed by atoms with Gasteiger partial charge in [-0.05, 0) is 43.9 Å². The average molecular weight is 180 g/mol. The van der Waals surface area contributed by atoms with Gasteiger partial charge in [0.2, 0.25) is 0 Å². The SMILES string of the molecule is ONC1=NC2CC3CC(C2)CC1C3. The van der Waals surface area contributed by atoms with Gasteiger partial charge < -0.3 is 0 Å². The van der Waals surface area contributed by atoms with E-state index in [0.717, 1.165) is 17.7 Å². The van der Waals surface area contributed by atoms with E-state index in [0.29, 0.717) is 12.0 Å². The first-order valence-corrected chi connectivity index (χ1v) is 5.33. The van der Waals surface area contributed by atoms with Crippen molar-refractivity contribution in [3.63, 3.8) is 0 Å². The van der Waals surface area contributed by atoms with Crippen LogP contribution in [0.25, 0.3) is 0 Å². The molecule has 4 rings (SSSR count). The average Bonchev–Trinajstić information content (AvgIpc) is 2.29. The summed E-state index contributed by atoms with van der Waals surface area (Å²) in [6.07, 6.45) is 6.44. The van der Waals surface area contributed by atoms with E-state index in [9.17, 15) is 0 Å². The molecule has 4 bridgehead atoms. The van der Waals surface area contributed by atoms with Crippen LogP contribution in [0.5, 0.6) is 0 Å². The molecule has 0 aromatic rings. The van der Waals surface area contributed by atoms with Gasteiger partial charge in [-0.3, -0.25) is 15.7 Å². The molecular weight excluding hydrogens is 164 g/mol. The van der Waals surface area contributed by atoms with Crippen LogP contribution in [0.1, 0.15) is 32.1 Å². The lowest BCUT2D eigenvalue weighted by molar-refractivity contribution is 0.156. The summed E-state index contributed by atoms with van der Waals surface area (Å²) in [5, 5.41) is 8.98. The van der Waals surface area contributed by atoms with Crippen molar-refractivity contribution >= 4 is 5.84 Å². The minimum atomic E-state index is 0.505. The summed E-state index contributed by atoms with van der Waals surface area (Å²) in [7, 11) is 0. The van der Waals surface area contributed by atoms with Gasteiger partial charge in [0.05, 0.1) is 6.04 Å². The van der Waals surface area contributed by atoms with Gasteiger partial charge in [0, 0.05) is 5.92 Å². The highest BCUT2D eigenvalue weighted by molar-refractivity contribution is 5.84. The fourth-order valence-corrected chi connectivity index (χ4v) is 3.57. The second-order valence-corrected chi connectivity index (χ2v) is 4.89. The maximum atomic E-state index is 8.98. The molecule has 0 radical (unpaired) electrons. The zero-order chi connectivity index (χ0) is 8.84. The van der Waals surface area contributed by atoms with E-state index in [1.54, 1.807) is 0 Å². The Labute approximate surface area is 78.2 Å². The highest BCUT2D eigenvalue weighted by Crippen LogP contribution is 2.46. The zero-order valence-corrected chi connectivity index (χ0v) is 7.74. The molecule has 72 valence electrons. The van der Waals surface area contributed by atoms with E-state index in [4.69, 9.17) is 5.21 Å². The number of rotatable bonds is 0. The first-order chi connectivity index (χ1) is 6.35. The second kappa shape index (κ2) is 2.71. The maximum Gasteiger partial charge on any atom is 0.123 e. The number of nitrogens with zero attached hydrogens (tertiary/aromatic N) is 1. The number of hydrogen-bond donors (Lipinski definition) is 2. The van der Waals surface area contributed by atoms with Gasteiger partial charge in [0.1, 0.15) is 5.84 Å². The topological polar surface area (TPSA) is 44.6 Å². The van der Waals surface area contributed by atoms with Gasteiger partial charge in [-0.1, -0.05) is 0 Å². The minimum absolute atomic E-state index is 0.505. The summed E-state index contributed by atoms with van der Waals surface area (Å²) in [5.74, 6) is 3.17. The van der Waals surface area contributed by atoms with Crippen molar-refractivity contribution in [1.29, 1.82) is 0 Å². The predicted molar refractivity (Wildman–Crippen MR) is 49.7 cm³/mol. The second-order valence-electron chi connectivity index (χ2n) is 4.89. The lowest BCUT2D eigenvalue weighted by Gasteiger charge is -2.37. The standard InChI is InChI=1S/C10H16N2O/c13-12-10-8-2-6-1-7(3-8)5-9(4-6)11-10/h6-9,13H,1-5H2,(H,11,12). The molecule has 0 aromatic carbocycles. The molecular formula is C10H16N2O. The molecule has 2 N–H and O–H groups in total. The number of amidine groups is 1.